The first-order chi connectivity index (χ1) is 16.5. The second-order valence-corrected chi connectivity index (χ2v) is 7.78. The first-order valence-electron chi connectivity index (χ1n) is 11.0. The molecule has 6 N–H and O–H groups in total. The molecule has 0 aromatic carbocycles. The summed E-state index contributed by atoms with van der Waals surface area (Å²) in [5, 5.41) is 7.37. The van der Waals surface area contributed by atoms with Crippen molar-refractivity contribution < 1.29 is 47.7 Å². The van der Waals surface area contributed by atoms with Gasteiger partial charge in [0.15, 0.2) is 0 Å². The van der Waals surface area contributed by atoms with Crippen LogP contribution in [0.2, 0.25) is 0 Å². The van der Waals surface area contributed by atoms with Gasteiger partial charge in [0.05, 0.1) is 45.9 Å². The van der Waals surface area contributed by atoms with Crippen LogP contribution in [0.4, 0.5) is 9.59 Å². The largest absolute Gasteiger partial charge is 0.464 e. The Morgan fingerprint density at radius 1 is 0.686 bits per heavy atom. The van der Waals surface area contributed by atoms with Crippen molar-refractivity contribution in [1.82, 2.24) is 21.4 Å². The summed E-state index contributed by atoms with van der Waals surface area (Å²) in [7, 11) is 0. The van der Waals surface area contributed by atoms with Crippen molar-refractivity contribution in [3.05, 3.63) is 0 Å². The normalized spacial score (nSPS) is 10.6. The molecule has 15 nitrogen and oxygen atoms in total. The van der Waals surface area contributed by atoms with Crippen molar-refractivity contribution in [1.29, 1.82) is 0 Å². The molecule has 0 aromatic rings. The topological polar surface area (TPSA) is 206 Å². The van der Waals surface area contributed by atoms with E-state index in [1.54, 1.807) is 20.8 Å². The summed E-state index contributed by atoms with van der Waals surface area (Å²) in [4.78, 5) is 57.1. The Bertz CT molecular complexity index is 669. The van der Waals surface area contributed by atoms with Crippen LogP contribution in [-0.4, -0.2) is 94.8 Å². The van der Waals surface area contributed by atoms with Crippen LogP contribution in [0.15, 0.2) is 0 Å². The Morgan fingerprint density at radius 2 is 1.29 bits per heavy atom. The van der Waals surface area contributed by atoms with Crippen LogP contribution in [0.5, 0.6) is 0 Å². The van der Waals surface area contributed by atoms with Gasteiger partial charge in [0.1, 0.15) is 18.8 Å². The number of hydrogen-bond acceptors (Lipinski definition) is 11. The number of esters is 1. The van der Waals surface area contributed by atoms with E-state index in [9.17, 15) is 24.0 Å². The van der Waals surface area contributed by atoms with Crippen molar-refractivity contribution in [3.8, 4) is 0 Å². The second kappa shape index (κ2) is 19.2. The molecule has 0 aliphatic heterocycles. The number of nitrogens with two attached hydrogens (primary N) is 1. The highest BCUT2D eigenvalue weighted by Gasteiger charge is 2.16. The fraction of sp³-hybridized carbons (Fsp3) is 0.750. The van der Waals surface area contributed by atoms with E-state index in [4.69, 9.17) is 24.8 Å². The predicted octanol–water partition coefficient (Wildman–Crippen LogP) is -1.30. The number of amides is 4. The van der Waals surface area contributed by atoms with Crippen LogP contribution in [0.25, 0.3) is 0 Å². The molecule has 4 amide bonds. The lowest BCUT2D eigenvalue weighted by Gasteiger charge is -2.19. The van der Waals surface area contributed by atoms with Crippen molar-refractivity contribution in [2.75, 3.05) is 59.3 Å². The maximum atomic E-state index is 11.7. The van der Waals surface area contributed by atoms with E-state index < -0.39 is 29.7 Å². The Labute approximate surface area is 204 Å². The van der Waals surface area contributed by atoms with Crippen LogP contribution in [0.3, 0.4) is 0 Å². The number of hydrazine groups is 1. The summed E-state index contributed by atoms with van der Waals surface area (Å²) in [6.45, 7) is 6.17. The molecule has 0 unspecified atom stereocenters. The summed E-state index contributed by atoms with van der Waals surface area (Å²) in [5.74, 6) is 3.45. The molecule has 0 saturated heterocycles. The molecule has 202 valence electrons. The number of hydrogen-bond donors (Lipinski definition) is 5. The molecule has 0 heterocycles. The van der Waals surface area contributed by atoms with Crippen LogP contribution in [0, 0.1) is 0 Å². The zero-order chi connectivity index (χ0) is 26.5. The Morgan fingerprint density at radius 3 is 1.94 bits per heavy atom. The standard InChI is InChI=1S/C20H37N5O10/c1-20(2,3)35-18(29)24-14-16(27)23-7-9-33-17(28)5-4-15(26)22-6-8-31-10-11-32-12-13-34-19(30)25-21/h4-14,21H2,1-3H3,(H,22,26)(H,23,27)(H,24,29)(H,25,30). The molecular formula is C20H37N5O10. The molecule has 0 saturated carbocycles. The number of carbonyl (C=O) groups is 5. The first-order valence-corrected chi connectivity index (χ1v) is 11.0. The lowest BCUT2D eigenvalue weighted by Crippen LogP contribution is -2.40. The van der Waals surface area contributed by atoms with Crippen molar-refractivity contribution >= 4 is 30.0 Å². The quantitative estimate of drug-likeness (QED) is 0.0390. The van der Waals surface area contributed by atoms with Crippen LogP contribution >= 0.6 is 0 Å². The molecular weight excluding hydrogens is 470 g/mol. The lowest BCUT2D eigenvalue weighted by atomic mass is 10.2. The van der Waals surface area contributed by atoms with Crippen LogP contribution in [0.1, 0.15) is 33.6 Å². The minimum Gasteiger partial charge on any atom is -0.464 e. The van der Waals surface area contributed by atoms with Gasteiger partial charge >= 0.3 is 18.2 Å². The maximum absolute atomic E-state index is 11.7. The molecule has 0 aliphatic carbocycles. The van der Waals surface area contributed by atoms with E-state index in [0.717, 1.165) is 0 Å². The van der Waals surface area contributed by atoms with Gasteiger partial charge in [0.25, 0.3) is 0 Å². The average Bonchev–Trinajstić information content (AvgIpc) is 2.79. The molecule has 0 aliphatic rings. The summed E-state index contributed by atoms with van der Waals surface area (Å²) in [6.07, 6.45) is -1.62. The van der Waals surface area contributed by atoms with Gasteiger partial charge < -0.3 is 39.6 Å². The minimum atomic E-state index is -0.746. The minimum absolute atomic E-state index is 0.0511. The molecule has 0 fully saturated rings. The van der Waals surface area contributed by atoms with Crippen molar-refractivity contribution in [2.45, 2.75) is 39.2 Å². The summed E-state index contributed by atoms with van der Waals surface area (Å²) >= 11 is 0. The van der Waals surface area contributed by atoms with Gasteiger partial charge in [-0.3, -0.25) is 19.8 Å². The SMILES string of the molecule is CC(C)(C)OC(=O)NCC(=O)NCCOC(=O)CCC(=O)NCCOCCOCCOC(=O)NN. The number of carbonyl (C=O) groups excluding carboxylic acids is 5. The Kier molecular flexibility index (Phi) is 17.4. The fourth-order valence-corrected chi connectivity index (χ4v) is 2.08. The Hall–Kier alpha value is -3.17. The van der Waals surface area contributed by atoms with Gasteiger partial charge in [-0.1, -0.05) is 0 Å². The van der Waals surface area contributed by atoms with E-state index >= 15 is 0 Å². The van der Waals surface area contributed by atoms with Crippen molar-refractivity contribution in [3.63, 3.8) is 0 Å². The van der Waals surface area contributed by atoms with Gasteiger partial charge in [-0.25, -0.2) is 15.4 Å². The zero-order valence-electron chi connectivity index (χ0n) is 20.4. The maximum Gasteiger partial charge on any atom is 0.421 e. The Balaban J connectivity index is 3.57. The molecule has 0 spiro atoms. The van der Waals surface area contributed by atoms with E-state index in [1.807, 2.05) is 5.43 Å². The lowest BCUT2D eigenvalue weighted by molar-refractivity contribution is -0.145. The van der Waals surface area contributed by atoms with Crippen LogP contribution < -0.4 is 27.2 Å². The smallest absolute Gasteiger partial charge is 0.421 e. The highest BCUT2D eigenvalue weighted by Crippen LogP contribution is 2.06. The van der Waals surface area contributed by atoms with E-state index in [0.29, 0.717) is 6.61 Å². The summed E-state index contributed by atoms with van der Waals surface area (Å²) in [6, 6.07) is 0. The number of rotatable bonds is 17. The number of ether oxygens (including phenoxy) is 5. The van der Waals surface area contributed by atoms with E-state index in [2.05, 4.69) is 20.7 Å². The summed E-state index contributed by atoms with van der Waals surface area (Å²) in [5.41, 5.74) is 1.14. The number of nitrogens with one attached hydrogen (secondary N) is 4. The third-order valence-corrected chi connectivity index (χ3v) is 3.55. The zero-order valence-corrected chi connectivity index (χ0v) is 20.4. The first kappa shape index (κ1) is 31.8. The van der Waals surface area contributed by atoms with Gasteiger partial charge in [-0.2, -0.15) is 0 Å². The highest BCUT2D eigenvalue weighted by atomic mass is 16.6. The van der Waals surface area contributed by atoms with E-state index in [1.165, 1.54) is 0 Å². The average molecular weight is 508 g/mol. The summed E-state index contributed by atoms with van der Waals surface area (Å²) < 4.78 is 25.0. The molecule has 0 radical (unpaired) electrons. The van der Waals surface area contributed by atoms with Crippen molar-refractivity contribution in [2.24, 2.45) is 5.84 Å². The second-order valence-electron chi connectivity index (χ2n) is 7.78. The van der Waals surface area contributed by atoms with Crippen LogP contribution in [-0.2, 0) is 38.1 Å². The third kappa shape index (κ3) is 22.4. The molecule has 0 atom stereocenters. The molecule has 35 heavy (non-hydrogen) atoms. The third-order valence-electron chi connectivity index (χ3n) is 3.55. The van der Waals surface area contributed by atoms with Gasteiger partial charge in [-0.05, 0) is 20.8 Å². The molecule has 0 bridgehead atoms. The molecule has 0 aromatic heterocycles. The van der Waals surface area contributed by atoms with Gasteiger partial charge in [-0.15, -0.1) is 0 Å². The van der Waals surface area contributed by atoms with Gasteiger partial charge in [0.2, 0.25) is 11.8 Å². The fourth-order valence-electron chi connectivity index (χ4n) is 2.08. The number of alkyl carbamates (subject to hydrolysis) is 1. The van der Waals surface area contributed by atoms with E-state index in [-0.39, 0.29) is 71.4 Å². The predicted molar refractivity (Wildman–Crippen MR) is 121 cm³/mol. The monoisotopic (exact) mass is 507 g/mol. The van der Waals surface area contributed by atoms with Gasteiger partial charge in [0, 0.05) is 13.0 Å². The molecule has 0 rings (SSSR count). The molecule has 15 heteroatoms. The highest BCUT2D eigenvalue weighted by molar-refractivity contribution is 5.82.